The molecular weight excluding hydrogens is 404 g/mol. The van der Waals surface area contributed by atoms with Crippen LogP contribution < -0.4 is 5.73 Å². The van der Waals surface area contributed by atoms with E-state index in [0.29, 0.717) is 0 Å². The number of hydrogen-bond donors (Lipinski definition) is 2. The molecule has 0 aromatic heterocycles. The van der Waals surface area contributed by atoms with Crippen molar-refractivity contribution in [3.05, 3.63) is 0 Å². The normalized spacial score (nSPS) is 10.9. The zero-order valence-corrected chi connectivity index (χ0v) is 17.5. The molecule has 172 valence electrons. The average Bonchev–Trinajstić information content (AvgIpc) is 2.68. The summed E-state index contributed by atoms with van der Waals surface area (Å²) in [5.74, 6) is -3.43. The van der Waals surface area contributed by atoms with Crippen LogP contribution in [0, 0.1) is 0 Å². The molecule has 0 aliphatic rings. The van der Waals surface area contributed by atoms with Crippen LogP contribution in [0.15, 0.2) is 0 Å². The summed E-state index contributed by atoms with van der Waals surface area (Å²) >= 11 is 0. The molecule has 3 N–H and O–H groups in total. The van der Waals surface area contributed by atoms with Gasteiger partial charge in [-0.05, 0) is 0 Å². The molecular formula is C17H30N4O9. The molecule has 0 aliphatic heterocycles. The van der Waals surface area contributed by atoms with Gasteiger partial charge in [0.1, 0.15) is 0 Å². The van der Waals surface area contributed by atoms with Crippen LogP contribution in [-0.2, 0) is 38.2 Å². The lowest BCUT2D eigenvalue weighted by atomic mass is 10.3. The molecule has 13 nitrogen and oxygen atoms in total. The number of carbonyl (C=O) groups is 5. The van der Waals surface area contributed by atoms with Gasteiger partial charge in [0, 0.05) is 26.2 Å². The van der Waals surface area contributed by atoms with Crippen LogP contribution in [0.25, 0.3) is 0 Å². The molecule has 0 saturated carbocycles. The molecule has 0 unspecified atom stereocenters. The number of amides is 1. The van der Waals surface area contributed by atoms with E-state index in [1.165, 1.54) is 31.1 Å². The van der Waals surface area contributed by atoms with E-state index in [0.717, 1.165) is 0 Å². The van der Waals surface area contributed by atoms with Crippen LogP contribution in [0.4, 0.5) is 0 Å². The number of rotatable bonds is 16. The van der Waals surface area contributed by atoms with Crippen LogP contribution in [0.2, 0.25) is 0 Å². The molecule has 13 heteroatoms. The monoisotopic (exact) mass is 434 g/mol. The number of methoxy groups -OCH3 is 3. The Bertz CT molecular complexity index is 582. The number of ether oxygens (including phenoxy) is 3. The fraction of sp³-hybridized carbons (Fsp3) is 0.706. The van der Waals surface area contributed by atoms with Gasteiger partial charge in [-0.25, -0.2) is 0 Å². The first kappa shape index (κ1) is 27.2. The predicted molar refractivity (Wildman–Crippen MR) is 102 cm³/mol. The Kier molecular flexibility index (Phi) is 13.7. The highest BCUT2D eigenvalue weighted by Gasteiger charge is 2.19. The number of nitrogens with zero attached hydrogens (tertiary/aromatic N) is 3. The molecule has 0 atom stereocenters. The quantitative estimate of drug-likeness (QED) is 0.186. The van der Waals surface area contributed by atoms with Gasteiger partial charge in [0.05, 0.1) is 54.1 Å². The highest BCUT2D eigenvalue weighted by molar-refractivity contribution is 5.76. The van der Waals surface area contributed by atoms with Crippen LogP contribution in [-0.4, -0.2) is 130 Å². The lowest BCUT2D eigenvalue weighted by molar-refractivity contribution is -0.146. The molecule has 0 fully saturated rings. The molecule has 0 bridgehead atoms. The van der Waals surface area contributed by atoms with Crippen molar-refractivity contribution >= 4 is 29.8 Å². The summed E-state index contributed by atoms with van der Waals surface area (Å²) in [5, 5.41) is 9.00. The largest absolute Gasteiger partial charge is 0.480 e. The summed E-state index contributed by atoms with van der Waals surface area (Å²) in [6.45, 7) is -0.305. The van der Waals surface area contributed by atoms with E-state index in [4.69, 9.17) is 10.8 Å². The molecule has 0 aromatic rings. The number of carboxylic acid groups (broad SMARTS) is 1. The van der Waals surface area contributed by atoms with E-state index in [1.807, 2.05) is 0 Å². The third-order valence-corrected chi connectivity index (χ3v) is 3.94. The molecule has 0 spiro atoms. The number of aliphatic carboxylic acids is 1. The van der Waals surface area contributed by atoms with Crippen molar-refractivity contribution in [1.29, 1.82) is 0 Å². The zero-order valence-electron chi connectivity index (χ0n) is 17.5. The van der Waals surface area contributed by atoms with Crippen molar-refractivity contribution < 1.29 is 43.3 Å². The van der Waals surface area contributed by atoms with Crippen molar-refractivity contribution in [3.8, 4) is 0 Å². The third kappa shape index (κ3) is 13.4. The second-order valence-corrected chi connectivity index (χ2v) is 6.29. The molecule has 1 amide bonds. The SMILES string of the molecule is COC(=O)CN(CCN(CCN(CC(=O)OC)CC(=O)OC)CC(N)=O)CC(=O)O. The molecule has 0 heterocycles. The fourth-order valence-corrected chi connectivity index (χ4v) is 2.42. The van der Waals surface area contributed by atoms with Crippen LogP contribution in [0.5, 0.6) is 0 Å². The van der Waals surface area contributed by atoms with E-state index in [1.54, 1.807) is 4.90 Å². The molecule has 0 saturated heterocycles. The van der Waals surface area contributed by atoms with Gasteiger partial charge < -0.3 is 25.1 Å². The van der Waals surface area contributed by atoms with Gasteiger partial charge in [-0.3, -0.25) is 38.7 Å². The standard InChI is InChI=1S/C17H30N4O9/c1-28-15(25)10-20(9-14(23)24)6-4-19(8-13(18)22)5-7-21(11-16(26)29-2)12-17(27)30-3/h4-12H2,1-3H3,(H2,18,22)(H,23,24). The van der Waals surface area contributed by atoms with E-state index in [9.17, 15) is 24.0 Å². The minimum atomic E-state index is -1.12. The minimum Gasteiger partial charge on any atom is -0.480 e. The lowest BCUT2D eigenvalue weighted by Crippen LogP contribution is -2.46. The predicted octanol–water partition coefficient (Wildman–Crippen LogP) is -3.02. The Labute approximate surface area is 174 Å². The molecule has 0 aliphatic carbocycles. The lowest BCUT2D eigenvalue weighted by Gasteiger charge is -2.28. The Morgan fingerprint density at radius 1 is 0.633 bits per heavy atom. The molecule has 0 aromatic carbocycles. The van der Waals surface area contributed by atoms with Gasteiger partial charge in [0.2, 0.25) is 5.91 Å². The smallest absolute Gasteiger partial charge is 0.319 e. The van der Waals surface area contributed by atoms with Crippen LogP contribution >= 0.6 is 0 Å². The van der Waals surface area contributed by atoms with Gasteiger partial charge >= 0.3 is 23.9 Å². The first-order chi connectivity index (χ1) is 14.1. The van der Waals surface area contributed by atoms with Crippen LogP contribution in [0.3, 0.4) is 0 Å². The Morgan fingerprint density at radius 2 is 0.967 bits per heavy atom. The van der Waals surface area contributed by atoms with Crippen molar-refractivity contribution in [1.82, 2.24) is 14.7 Å². The summed E-state index contributed by atoms with van der Waals surface area (Å²) in [4.78, 5) is 61.4. The van der Waals surface area contributed by atoms with Crippen molar-refractivity contribution in [2.45, 2.75) is 0 Å². The van der Waals surface area contributed by atoms with Crippen LogP contribution in [0.1, 0.15) is 0 Å². The number of esters is 3. The van der Waals surface area contributed by atoms with Crippen molar-refractivity contribution in [2.75, 3.05) is 80.2 Å². The number of nitrogens with two attached hydrogens (primary N) is 1. The second-order valence-electron chi connectivity index (χ2n) is 6.29. The van der Waals surface area contributed by atoms with Gasteiger partial charge in [-0.15, -0.1) is 0 Å². The van der Waals surface area contributed by atoms with Gasteiger partial charge in [0.15, 0.2) is 0 Å². The maximum Gasteiger partial charge on any atom is 0.319 e. The van der Waals surface area contributed by atoms with Crippen molar-refractivity contribution in [3.63, 3.8) is 0 Å². The number of carbonyl (C=O) groups excluding carboxylic acids is 4. The zero-order chi connectivity index (χ0) is 23.1. The van der Waals surface area contributed by atoms with E-state index < -0.39 is 36.3 Å². The Balaban J connectivity index is 5.01. The summed E-state index contributed by atoms with van der Waals surface area (Å²) in [7, 11) is 3.63. The van der Waals surface area contributed by atoms with Gasteiger partial charge in [-0.2, -0.15) is 0 Å². The number of carboxylic acids is 1. The highest BCUT2D eigenvalue weighted by atomic mass is 16.5. The third-order valence-electron chi connectivity index (χ3n) is 3.94. The minimum absolute atomic E-state index is 0.135. The van der Waals surface area contributed by atoms with Gasteiger partial charge in [-0.1, -0.05) is 0 Å². The summed E-state index contributed by atoms with van der Waals surface area (Å²) in [6, 6.07) is 0. The summed E-state index contributed by atoms with van der Waals surface area (Å²) < 4.78 is 13.8. The Hall–Kier alpha value is -2.77. The van der Waals surface area contributed by atoms with Crippen molar-refractivity contribution in [2.24, 2.45) is 5.73 Å². The first-order valence-corrected chi connectivity index (χ1v) is 8.98. The average molecular weight is 434 g/mol. The second kappa shape index (κ2) is 15.1. The maximum atomic E-state index is 11.6. The van der Waals surface area contributed by atoms with E-state index in [2.05, 4.69) is 14.2 Å². The maximum absolute atomic E-state index is 11.6. The number of primary amides is 1. The van der Waals surface area contributed by atoms with Gasteiger partial charge in [0.25, 0.3) is 0 Å². The Morgan fingerprint density at radius 3 is 1.27 bits per heavy atom. The summed E-state index contributed by atoms with van der Waals surface area (Å²) in [5.41, 5.74) is 5.27. The van der Waals surface area contributed by atoms with E-state index in [-0.39, 0.29) is 52.4 Å². The number of hydrogen-bond acceptors (Lipinski definition) is 11. The fourth-order valence-electron chi connectivity index (χ4n) is 2.42. The molecule has 0 radical (unpaired) electrons. The first-order valence-electron chi connectivity index (χ1n) is 8.98. The summed E-state index contributed by atoms with van der Waals surface area (Å²) in [6.07, 6.45) is 0. The topological polar surface area (TPSA) is 169 Å². The van der Waals surface area contributed by atoms with E-state index >= 15 is 0 Å². The molecule has 30 heavy (non-hydrogen) atoms. The highest BCUT2D eigenvalue weighted by Crippen LogP contribution is 1.98. The molecule has 0 rings (SSSR count).